The Bertz CT molecular complexity index is 1070. The molecule has 3 heterocycles. The minimum Gasteiger partial charge on any atom is -0.490 e. The molecule has 8 heteroatoms. The molecular formula is C28H34N2O6. The van der Waals surface area contributed by atoms with Crippen molar-refractivity contribution in [2.24, 2.45) is 5.92 Å². The van der Waals surface area contributed by atoms with E-state index in [1.165, 1.54) is 0 Å². The van der Waals surface area contributed by atoms with E-state index in [4.69, 9.17) is 14.2 Å². The van der Waals surface area contributed by atoms with Crippen molar-refractivity contribution in [3.05, 3.63) is 59.7 Å². The normalized spacial score (nSPS) is 26.8. The molecule has 2 aromatic rings. The second-order valence-corrected chi connectivity index (χ2v) is 9.92. The van der Waals surface area contributed by atoms with Gasteiger partial charge in [-0.25, -0.2) is 0 Å². The molecule has 3 aliphatic heterocycles. The molecule has 5 atom stereocenters. The number of anilines is 1. The van der Waals surface area contributed by atoms with Gasteiger partial charge < -0.3 is 30.0 Å². The van der Waals surface area contributed by atoms with Crippen LogP contribution in [0, 0.1) is 5.92 Å². The minimum absolute atomic E-state index is 0.0562. The van der Waals surface area contributed by atoms with Crippen LogP contribution in [0.15, 0.2) is 48.5 Å². The molecule has 36 heavy (non-hydrogen) atoms. The summed E-state index contributed by atoms with van der Waals surface area (Å²) >= 11 is 0. The molecule has 0 aliphatic carbocycles. The van der Waals surface area contributed by atoms with E-state index < -0.39 is 18.1 Å². The fourth-order valence-corrected chi connectivity index (χ4v) is 5.59. The molecule has 2 amide bonds. The monoisotopic (exact) mass is 494 g/mol. The van der Waals surface area contributed by atoms with E-state index in [0.717, 1.165) is 29.7 Å². The van der Waals surface area contributed by atoms with Crippen LogP contribution >= 0.6 is 0 Å². The first-order chi connectivity index (χ1) is 17.5. The number of nitrogens with one attached hydrogen (secondary N) is 2. The molecule has 5 rings (SSSR count). The van der Waals surface area contributed by atoms with Crippen LogP contribution in [0.3, 0.4) is 0 Å². The van der Waals surface area contributed by atoms with Gasteiger partial charge >= 0.3 is 0 Å². The fraction of sp³-hybridized carbons (Fsp3) is 0.500. The van der Waals surface area contributed by atoms with Crippen LogP contribution in [0.4, 0.5) is 5.69 Å². The maximum Gasteiger partial charge on any atom is 0.230 e. The van der Waals surface area contributed by atoms with Gasteiger partial charge in [-0.05, 0) is 37.1 Å². The Morgan fingerprint density at radius 3 is 2.72 bits per heavy atom. The summed E-state index contributed by atoms with van der Waals surface area (Å²) in [6.07, 6.45) is 1.17. The summed E-state index contributed by atoms with van der Waals surface area (Å²) in [6.45, 7) is 2.98. The van der Waals surface area contributed by atoms with Gasteiger partial charge in [0.05, 0.1) is 50.4 Å². The number of ether oxygens (including phenoxy) is 3. The lowest BCUT2D eigenvalue weighted by molar-refractivity contribution is -0.148. The van der Waals surface area contributed by atoms with Crippen LogP contribution in [0.25, 0.3) is 0 Å². The molecule has 0 spiro atoms. The lowest BCUT2D eigenvalue weighted by Gasteiger charge is -2.40. The molecule has 8 nitrogen and oxygen atoms in total. The van der Waals surface area contributed by atoms with Crippen molar-refractivity contribution in [1.29, 1.82) is 0 Å². The molecule has 0 aromatic heterocycles. The number of carbonyl (C=O) groups excluding carboxylic acids is 2. The minimum atomic E-state index is -0.710. The van der Waals surface area contributed by atoms with Gasteiger partial charge in [0.25, 0.3) is 0 Å². The Labute approximate surface area is 211 Å². The first-order valence-corrected chi connectivity index (χ1v) is 12.8. The van der Waals surface area contributed by atoms with Crippen LogP contribution in [0.1, 0.15) is 55.7 Å². The lowest BCUT2D eigenvalue weighted by Crippen LogP contribution is -2.48. The highest BCUT2D eigenvalue weighted by molar-refractivity contribution is 5.95. The average molecular weight is 495 g/mol. The van der Waals surface area contributed by atoms with Gasteiger partial charge in [-0.1, -0.05) is 30.3 Å². The van der Waals surface area contributed by atoms with Crippen molar-refractivity contribution in [2.45, 2.75) is 62.9 Å². The van der Waals surface area contributed by atoms with Crippen LogP contribution in [-0.2, 0) is 19.1 Å². The Hall–Kier alpha value is -2.94. The third kappa shape index (κ3) is 5.40. The number of aliphatic hydroxyl groups is 1. The predicted octanol–water partition coefficient (Wildman–Crippen LogP) is 3.31. The highest BCUT2D eigenvalue weighted by Crippen LogP contribution is 2.46. The molecule has 0 saturated carbocycles. The second-order valence-electron chi connectivity index (χ2n) is 9.92. The van der Waals surface area contributed by atoms with Gasteiger partial charge in [-0.2, -0.15) is 0 Å². The van der Waals surface area contributed by atoms with Crippen molar-refractivity contribution in [2.75, 3.05) is 25.1 Å². The van der Waals surface area contributed by atoms with Gasteiger partial charge in [0, 0.05) is 30.0 Å². The molecule has 2 aromatic carbocycles. The SMILES string of the molecule is C[C@H](NC(=O)C[C@H]1C[C@@H]2c3cc(ccc3OC3CCOCC3)NC(=O)[C@@H]2[C@@H](CO)O1)c1ccccc1. The summed E-state index contributed by atoms with van der Waals surface area (Å²) in [7, 11) is 0. The number of hydrogen-bond donors (Lipinski definition) is 3. The largest absolute Gasteiger partial charge is 0.490 e. The van der Waals surface area contributed by atoms with Crippen LogP contribution in [0.5, 0.6) is 5.75 Å². The van der Waals surface area contributed by atoms with Crippen molar-refractivity contribution in [1.82, 2.24) is 5.32 Å². The standard InChI is InChI=1S/C28H34N2O6/c1-17(18-5-3-2-4-6-18)29-26(32)15-21-14-23-22-13-19(30-28(33)27(23)25(16-31)36-21)7-8-24(22)35-20-9-11-34-12-10-20/h2-8,13,17,20-21,23,25,27,31H,9-12,14-16H2,1H3,(H,29,32)(H,30,33)/t17-,21+,23+,25+,27-/m0/s1. The van der Waals surface area contributed by atoms with Gasteiger partial charge in [0.15, 0.2) is 0 Å². The summed E-state index contributed by atoms with van der Waals surface area (Å²) < 4.78 is 18.0. The molecule has 3 aliphatic rings. The van der Waals surface area contributed by atoms with Crippen molar-refractivity contribution >= 4 is 17.5 Å². The number of hydrogen-bond acceptors (Lipinski definition) is 6. The van der Waals surface area contributed by atoms with E-state index in [0.29, 0.717) is 25.3 Å². The average Bonchev–Trinajstić information content (AvgIpc) is 3.00. The van der Waals surface area contributed by atoms with Crippen LogP contribution in [-0.4, -0.2) is 55.1 Å². The number of carbonyl (C=O) groups is 2. The number of benzene rings is 2. The molecule has 2 saturated heterocycles. The Morgan fingerprint density at radius 1 is 1.19 bits per heavy atom. The molecular weight excluding hydrogens is 460 g/mol. The zero-order valence-electron chi connectivity index (χ0n) is 20.5. The van der Waals surface area contributed by atoms with E-state index >= 15 is 0 Å². The molecule has 2 bridgehead atoms. The number of amides is 2. The fourth-order valence-electron chi connectivity index (χ4n) is 5.59. The highest BCUT2D eigenvalue weighted by atomic mass is 16.5. The number of rotatable bonds is 7. The van der Waals surface area contributed by atoms with E-state index in [-0.39, 0.29) is 42.9 Å². The third-order valence-electron chi connectivity index (χ3n) is 7.43. The van der Waals surface area contributed by atoms with E-state index in [1.54, 1.807) is 0 Å². The first kappa shape index (κ1) is 24.7. The number of fused-ring (bicyclic) bond motifs is 4. The van der Waals surface area contributed by atoms with Gasteiger partial charge in [0.1, 0.15) is 11.9 Å². The van der Waals surface area contributed by atoms with Crippen molar-refractivity contribution in [3.63, 3.8) is 0 Å². The third-order valence-corrected chi connectivity index (χ3v) is 7.43. The van der Waals surface area contributed by atoms with E-state index in [1.807, 2.05) is 55.5 Å². The van der Waals surface area contributed by atoms with Gasteiger partial charge in [0.2, 0.25) is 11.8 Å². The smallest absolute Gasteiger partial charge is 0.230 e. The summed E-state index contributed by atoms with van der Waals surface area (Å²) in [5.41, 5.74) is 2.65. The quantitative estimate of drug-likeness (QED) is 0.545. The Kier molecular flexibility index (Phi) is 7.55. The molecule has 192 valence electrons. The highest BCUT2D eigenvalue weighted by Gasteiger charge is 2.46. The molecule has 3 N–H and O–H groups in total. The zero-order chi connectivity index (χ0) is 25.1. The number of aliphatic hydroxyl groups excluding tert-OH is 1. The van der Waals surface area contributed by atoms with Gasteiger partial charge in [-0.3, -0.25) is 9.59 Å². The summed E-state index contributed by atoms with van der Waals surface area (Å²) in [4.78, 5) is 26.1. The summed E-state index contributed by atoms with van der Waals surface area (Å²) in [6, 6.07) is 15.4. The maximum atomic E-state index is 13.2. The first-order valence-electron chi connectivity index (χ1n) is 12.8. The molecule has 2 fully saturated rings. The van der Waals surface area contributed by atoms with Gasteiger partial charge in [-0.15, -0.1) is 0 Å². The van der Waals surface area contributed by atoms with Crippen molar-refractivity contribution < 1.29 is 28.9 Å². The second kappa shape index (κ2) is 11.0. The Morgan fingerprint density at radius 2 is 1.97 bits per heavy atom. The van der Waals surface area contributed by atoms with Crippen molar-refractivity contribution in [3.8, 4) is 5.75 Å². The van der Waals surface area contributed by atoms with Crippen LogP contribution < -0.4 is 15.4 Å². The Balaban J connectivity index is 1.35. The maximum absolute atomic E-state index is 13.2. The molecule has 0 unspecified atom stereocenters. The predicted molar refractivity (Wildman–Crippen MR) is 134 cm³/mol. The lowest BCUT2D eigenvalue weighted by atomic mass is 9.76. The topological polar surface area (TPSA) is 106 Å². The molecule has 0 radical (unpaired) electrons. The van der Waals surface area contributed by atoms with E-state index in [2.05, 4.69) is 10.6 Å². The summed E-state index contributed by atoms with van der Waals surface area (Å²) in [5, 5.41) is 16.2. The summed E-state index contributed by atoms with van der Waals surface area (Å²) in [5.74, 6) is -0.376. The zero-order valence-corrected chi connectivity index (χ0v) is 20.5. The van der Waals surface area contributed by atoms with Crippen LogP contribution in [0.2, 0.25) is 0 Å². The van der Waals surface area contributed by atoms with E-state index in [9.17, 15) is 14.7 Å².